The van der Waals surface area contributed by atoms with Crippen molar-refractivity contribution in [3.05, 3.63) is 0 Å². The first-order valence-electron chi connectivity index (χ1n) is 6.16. The summed E-state index contributed by atoms with van der Waals surface area (Å²) in [5.41, 5.74) is 0. The quantitative estimate of drug-likeness (QED) is 0.190. The van der Waals surface area contributed by atoms with E-state index < -0.39 is 0 Å². The van der Waals surface area contributed by atoms with Crippen molar-refractivity contribution >= 4 is 97.6 Å². The normalized spacial score (nSPS) is 13.1. The number of hydrogen-bond acceptors (Lipinski definition) is 8. The number of rotatable bonds is 14. The third kappa shape index (κ3) is 13.0. The lowest BCUT2D eigenvalue weighted by molar-refractivity contribution is 1.09. The fourth-order valence-electron chi connectivity index (χ4n) is 1.27. The highest BCUT2D eigenvalue weighted by Gasteiger charge is 2.22. The molecule has 8 heteroatoms. The molecule has 19 heavy (non-hydrogen) atoms. The fourth-order valence-corrected chi connectivity index (χ4v) is 8.02. The van der Waals surface area contributed by atoms with E-state index in [9.17, 15) is 0 Å². The first-order chi connectivity index (χ1) is 9.29. The smallest absolute Gasteiger partial charge is 0.0629 e. The maximum Gasteiger partial charge on any atom is 0.0629 e. The predicted octanol–water partition coefficient (Wildman–Crippen LogP) is 4.33. The summed E-state index contributed by atoms with van der Waals surface area (Å²) < 4.78 is 0.650. The zero-order chi connectivity index (χ0) is 14.3. The molecule has 0 fully saturated rings. The van der Waals surface area contributed by atoms with Crippen LogP contribution in [0.1, 0.15) is 0 Å². The second-order valence-corrected chi connectivity index (χ2v) is 10.6. The molecule has 116 valence electrons. The molecular weight excluding hydrogens is 389 g/mol. The second kappa shape index (κ2) is 17.2. The molecule has 0 bridgehead atoms. The third-order valence-corrected chi connectivity index (χ3v) is 10.1. The summed E-state index contributed by atoms with van der Waals surface area (Å²) in [7, 11) is 0. The van der Waals surface area contributed by atoms with Gasteiger partial charge in [0.05, 0.1) is 4.58 Å². The Morgan fingerprint density at radius 2 is 1.11 bits per heavy atom. The Kier molecular flexibility index (Phi) is 19.7. The van der Waals surface area contributed by atoms with E-state index in [0.717, 1.165) is 46.0 Å². The molecule has 0 aromatic carbocycles. The van der Waals surface area contributed by atoms with Gasteiger partial charge in [0.2, 0.25) is 0 Å². The molecule has 0 radical (unpaired) electrons. The van der Waals surface area contributed by atoms with Crippen molar-refractivity contribution in [1.29, 1.82) is 0 Å². The van der Waals surface area contributed by atoms with Gasteiger partial charge in [0.25, 0.3) is 0 Å². The summed E-state index contributed by atoms with van der Waals surface area (Å²) >= 11 is 25.5. The molecule has 0 amide bonds. The van der Waals surface area contributed by atoms with Crippen molar-refractivity contribution in [2.24, 2.45) is 0 Å². The van der Waals surface area contributed by atoms with Crippen LogP contribution in [0, 0.1) is 0 Å². The van der Waals surface area contributed by atoms with Crippen molar-refractivity contribution in [2.45, 2.75) is 9.83 Å². The van der Waals surface area contributed by atoms with Gasteiger partial charge in [0, 0.05) is 34.0 Å². The van der Waals surface area contributed by atoms with Crippen molar-refractivity contribution in [2.75, 3.05) is 51.8 Å². The van der Waals surface area contributed by atoms with Crippen LogP contribution in [0.3, 0.4) is 0 Å². The Morgan fingerprint density at radius 3 is 1.58 bits per heavy atom. The molecule has 0 aromatic rings. The topological polar surface area (TPSA) is 0 Å². The van der Waals surface area contributed by atoms with Gasteiger partial charge in [-0.15, -0.1) is 23.5 Å². The molecule has 0 N–H and O–H groups in total. The van der Waals surface area contributed by atoms with Crippen LogP contribution in [-0.2, 0) is 0 Å². The molecule has 0 aliphatic rings. The van der Waals surface area contributed by atoms with Crippen LogP contribution < -0.4 is 0 Å². The number of hydrogen-bond donors (Lipinski definition) is 4. The van der Waals surface area contributed by atoms with Crippen LogP contribution in [0.15, 0.2) is 0 Å². The van der Waals surface area contributed by atoms with Gasteiger partial charge in [-0.25, -0.2) is 0 Å². The highest BCUT2D eigenvalue weighted by molar-refractivity contribution is 8.18. The molecule has 1 atom stereocenters. The Bertz CT molecular complexity index is 172. The van der Waals surface area contributed by atoms with E-state index in [1.807, 2.05) is 11.8 Å². The minimum atomic E-state index is 0.650. The van der Waals surface area contributed by atoms with Crippen molar-refractivity contribution < 1.29 is 0 Å². The van der Waals surface area contributed by atoms with Gasteiger partial charge in [-0.3, -0.25) is 0 Å². The molecule has 0 spiro atoms. The lowest BCUT2D eigenvalue weighted by atomic mass is 10.5. The molecule has 0 rings (SSSR count). The molecule has 0 saturated heterocycles. The summed E-state index contributed by atoms with van der Waals surface area (Å²) in [6.45, 7) is 0. The van der Waals surface area contributed by atoms with Crippen LogP contribution in [0.4, 0.5) is 0 Å². The monoisotopic (exact) mass is 412 g/mol. The Hall–Kier alpha value is 2.80. The first-order valence-corrected chi connectivity index (χ1v) is 13.0. The van der Waals surface area contributed by atoms with E-state index in [4.69, 9.17) is 0 Å². The van der Waals surface area contributed by atoms with Gasteiger partial charge >= 0.3 is 0 Å². The van der Waals surface area contributed by atoms with Gasteiger partial charge in [0.15, 0.2) is 0 Å². The van der Waals surface area contributed by atoms with Gasteiger partial charge in [-0.1, -0.05) is 0 Å². The molecular formula is C11H24S8. The summed E-state index contributed by atoms with van der Waals surface area (Å²) in [5.74, 6) is 9.57. The zero-order valence-electron chi connectivity index (χ0n) is 10.9. The Morgan fingerprint density at radius 1 is 0.632 bits per heavy atom. The number of thioether (sulfide) groups is 4. The average molecular weight is 413 g/mol. The summed E-state index contributed by atoms with van der Waals surface area (Å²) in [4.78, 5) is 0. The third-order valence-electron chi connectivity index (χ3n) is 1.99. The van der Waals surface area contributed by atoms with Crippen LogP contribution in [-0.4, -0.2) is 61.6 Å². The SMILES string of the molecule is SCCSCC(SCCS)C(SCCS)SCCS. The van der Waals surface area contributed by atoms with Gasteiger partial charge in [-0.2, -0.15) is 74.0 Å². The molecule has 0 heterocycles. The van der Waals surface area contributed by atoms with Crippen LogP contribution in [0.5, 0.6) is 0 Å². The van der Waals surface area contributed by atoms with Gasteiger partial charge < -0.3 is 0 Å². The maximum atomic E-state index is 4.34. The summed E-state index contributed by atoms with van der Waals surface area (Å²) in [6.07, 6.45) is 0. The maximum absolute atomic E-state index is 4.34. The molecule has 0 saturated carbocycles. The van der Waals surface area contributed by atoms with Crippen molar-refractivity contribution in [3.63, 3.8) is 0 Å². The molecule has 0 nitrogen and oxygen atoms in total. The number of thiol groups is 4. The second-order valence-electron chi connectivity index (χ2n) is 3.49. The van der Waals surface area contributed by atoms with E-state index >= 15 is 0 Å². The molecule has 0 aromatic heterocycles. The average Bonchev–Trinajstić information content (AvgIpc) is 2.43. The van der Waals surface area contributed by atoms with E-state index in [1.54, 1.807) is 0 Å². The summed E-state index contributed by atoms with van der Waals surface area (Å²) in [6, 6.07) is 0. The zero-order valence-corrected chi connectivity index (χ0v) is 17.8. The Balaban J connectivity index is 4.29. The minimum absolute atomic E-state index is 0.650. The Labute approximate surface area is 158 Å². The largest absolute Gasteiger partial charge is 0.179 e. The molecule has 1 unspecified atom stereocenters. The van der Waals surface area contributed by atoms with Gasteiger partial charge in [-0.05, 0) is 23.0 Å². The van der Waals surface area contributed by atoms with E-state index in [0.29, 0.717) is 9.83 Å². The summed E-state index contributed by atoms with van der Waals surface area (Å²) in [5, 5.41) is 0.687. The van der Waals surface area contributed by atoms with Crippen LogP contribution in [0.25, 0.3) is 0 Å². The molecule has 0 aliphatic carbocycles. The van der Waals surface area contributed by atoms with Crippen LogP contribution >= 0.6 is 97.6 Å². The van der Waals surface area contributed by atoms with Crippen molar-refractivity contribution in [1.82, 2.24) is 0 Å². The van der Waals surface area contributed by atoms with E-state index in [2.05, 4.69) is 85.8 Å². The van der Waals surface area contributed by atoms with Crippen LogP contribution in [0.2, 0.25) is 0 Å². The lowest BCUT2D eigenvalue weighted by Crippen LogP contribution is -2.22. The predicted molar refractivity (Wildman–Crippen MR) is 118 cm³/mol. The highest BCUT2D eigenvalue weighted by Crippen LogP contribution is 2.35. The minimum Gasteiger partial charge on any atom is -0.179 e. The van der Waals surface area contributed by atoms with E-state index in [1.165, 1.54) is 5.75 Å². The fraction of sp³-hybridized carbons (Fsp3) is 1.00. The standard InChI is InChI=1S/C11H24S8/c12-1-5-16-9-10(17-6-2-13)11(18-7-3-14)19-8-4-15/h10-15H,1-9H2. The van der Waals surface area contributed by atoms with Crippen molar-refractivity contribution in [3.8, 4) is 0 Å². The highest BCUT2D eigenvalue weighted by atomic mass is 32.2. The molecule has 0 aliphatic heterocycles. The van der Waals surface area contributed by atoms with E-state index in [-0.39, 0.29) is 0 Å². The lowest BCUT2D eigenvalue weighted by Gasteiger charge is -2.25. The first kappa shape index (κ1) is 21.8. The van der Waals surface area contributed by atoms with Gasteiger partial charge in [0.1, 0.15) is 0 Å².